The van der Waals surface area contributed by atoms with Crippen molar-refractivity contribution in [3.63, 3.8) is 0 Å². The molecule has 0 spiro atoms. The fourth-order valence-electron chi connectivity index (χ4n) is 10.7. The highest BCUT2D eigenvalue weighted by atomic mass is 32.2. The van der Waals surface area contributed by atoms with Crippen LogP contribution < -0.4 is 40.2 Å². The van der Waals surface area contributed by atoms with Crippen molar-refractivity contribution in [2.45, 2.75) is 98.3 Å². The van der Waals surface area contributed by atoms with Crippen LogP contribution in [0.4, 0.5) is 9.59 Å². The van der Waals surface area contributed by atoms with Crippen LogP contribution in [0.1, 0.15) is 85.8 Å². The molecule has 22 heteroatoms. The number of nitrogens with zero attached hydrogens (tertiary/aromatic N) is 2. The van der Waals surface area contributed by atoms with E-state index in [0.717, 1.165) is 39.0 Å². The zero-order valence-electron chi connectivity index (χ0n) is 46.0. The van der Waals surface area contributed by atoms with Gasteiger partial charge in [0.25, 0.3) is 0 Å². The summed E-state index contributed by atoms with van der Waals surface area (Å²) in [5.41, 5.74) is 5.02. The highest BCUT2D eigenvalue weighted by Crippen LogP contribution is 2.40. The molecule has 80 heavy (non-hydrogen) atoms. The molecule has 438 valence electrons. The van der Waals surface area contributed by atoms with Gasteiger partial charge in [-0.2, -0.15) is 0 Å². The zero-order valence-corrected chi connectivity index (χ0v) is 47.6. The second-order valence-corrected chi connectivity index (χ2v) is 24.0. The monoisotopic (exact) mass is 1150 g/mol. The van der Waals surface area contributed by atoms with E-state index in [2.05, 4.69) is 76.9 Å². The topological polar surface area (TPSA) is 236 Å². The lowest BCUT2D eigenvalue weighted by atomic mass is 10.0. The lowest BCUT2D eigenvalue weighted by molar-refractivity contribution is 0.0516. The van der Waals surface area contributed by atoms with Gasteiger partial charge in [0.05, 0.1) is 74.7 Å². The second kappa shape index (κ2) is 31.7. The molecular weight excluding hydrogens is 1060 g/mol. The van der Waals surface area contributed by atoms with Crippen molar-refractivity contribution in [1.29, 1.82) is 0 Å². The summed E-state index contributed by atoms with van der Waals surface area (Å²) in [5, 5.41) is 11.0. The van der Waals surface area contributed by atoms with Crippen LogP contribution in [-0.2, 0) is 51.8 Å². The van der Waals surface area contributed by atoms with E-state index in [-0.39, 0.29) is 112 Å². The van der Waals surface area contributed by atoms with Crippen LogP contribution in [0.2, 0.25) is 0 Å². The molecule has 2 aliphatic heterocycles. The standard InChI is InChI=1S/C58H82N8O12S2/c67-57(61-27-35-73-39-41-75-37-29-63-79(69,70)49-21-17-47(18-22-49)77-55-51-15-5-3-13-45(51)43-53(55)65-31-9-1-10-32-65)59-25-7-8-26-60-58(68)62-28-36-74-40-42-76-38-30-64-80(71,72)50-23-19-48(20-24-50)78-56-52-16-6-4-14-46(52)44-54(56)66-33-11-2-12-34-66/h3-6,13-24,53-56,63-64H,1-2,7-12,25-44H2,(H2,59,61,67)(H2,60,62,68). The molecular formula is C58H82N8O12S2. The number of carbonyl (C=O) groups is 2. The number of amides is 4. The average molecular weight is 1150 g/mol. The Hall–Kier alpha value is -5.40. The van der Waals surface area contributed by atoms with E-state index < -0.39 is 20.0 Å². The highest BCUT2D eigenvalue weighted by molar-refractivity contribution is 7.89. The van der Waals surface area contributed by atoms with E-state index in [1.165, 1.54) is 60.8 Å². The quantitative estimate of drug-likeness (QED) is 0.0326. The summed E-state index contributed by atoms with van der Waals surface area (Å²) >= 11 is 0. The van der Waals surface area contributed by atoms with Gasteiger partial charge >= 0.3 is 12.1 Å². The Morgan fingerprint density at radius 1 is 0.425 bits per heavy atom. The molecule has 2 heterocycles. The number of fused-ring (bicyclic) bond motifs is 2. The Morgan fingerprint density at radius 3 is 1.16 bits per heavy atom. The third-order valence-electron chi connectivity index (χ3n) is 14.9. The van der Waals surface area contributed by atoms with Crippen LogP contribution in [-0.4, -0.2) is 169 Å². The molecule has 2 fully saturated rings. The zero-order chi connectivity index (χ0) is 55.8. The van der Waals surface area contributed by atoms with E-state index in [9.17, 15) is 26.4 Å². The van der Waals surface area contributed by atoms with Gasteiger partial charge in [0.15, 0.2) is 0 Å². The van der Waals surface area contributed by atoms with Gasteiger partial charge in [-0.1, -0.05) is 61.4 Å². The van der Waals surface area contributed by atoms with E-state index >= 15 is 0 Å². The van der Waals surface area contributed by atoms with Crippen molar-refractivity contribution in [1.82, 2.24) is 40.5 Å². The van der Waals surface area contributed by atoms with Gasteiger partial charge in [-0.05, 0) is 148 Å². The van der Waals surface area contributed by atoms with E-state index in [1.807, 2.05) is 12.1 Å². The molecule has 4 amide bonds. The van der Waals surface area contributed by atoms with Gasteiger partial charge in [0, 0.05) is 39.3 Å². The number of hydrogen-bond acceptors (Lipinski definition) is 14. The molecule has 0 saturated carbocycles. The molecule has 6 N–H and O–H groups in total. The summed E-state index contributed by atoms with van der Waals surface area (Å²) in [4.78, 5) is 29.6. The maximum atomic E-state index is 13.0. The minimum absolute atomic E-state index is 0.0990. The van der Waals surface area contributed by atoms with Crippen molar-refractivity contribution >= 4 is 32.1 Å². The maximum absolute atomic E-state index is 13.0. The molecule has 0 bridgehead atoms. The second-order valence-electron chi connectivity index (χ2n) is 20.5. The highest BCUT2D eigenvalue weighted by Gasteiger charge is 2.40. The lowest BCUT2D eigenvalue weighted by Crippen LogP contribution is -2.43. The van der Waals surface area contributed by atoms with Gasteiger partial charge in [0.1, 0.15) is 23.7 Å². The molecule has 8 rings (SSSR count). The first-order valence-electron chi connectivity index (χ1n) is 28.5. The van der Waals surface area contributed by atoms with Crippen LogP contribution >= 0.6 is 0 Å². The first-order chi connectivity index (χ1) is 39.0. The number of rotatable bonds is 33. The molecule has 4 aromatic carbocycles. The van der Waals surface area contributed by atoms with Gasteiger partial charge in [-0.3, -0.25) is 9.80 Å². The minimum atomic E-state index is -3.74. The maximum Gasteiger partial charge on any atom is 0.314 e. The first kappa shape index (κ1) is 60.7. The summed E-state index contributed by atoms with van der Waals surface area (Å²) < 4.78 is 92.2. The normalized spacial score (nSPS) is 19.4. The number of benzene rings is 4. The molecule has 20 nitrogen and oxygen atoms in total. The third kappa shape index (κ3) is 18.6. The van der Waals surface area contributed by atoms with Gasteiger partial charge in [-0.15, -0.1) is 0 Å². The average Bonchev–Trinajstić information content (AvgIpc) is 4.14. The van der Waals surface area contributed by atoms with Crippen LogP contribution in [0.5, 0.6) is 11.5 Å². The molecule has 0 radical (unpaired) electrons. The minimum Gasteiger partial charge on any atom is -0.484 e. The van der Waals surface area contributed by atoms with E-state index in [4.69, 9.17) is 28.4 Å². The number of carbonyl (C=O) groups excluding carboxylic acids is 2. The van der Waals surface area contributed by atoms with Crippen LogP contribution in [0.15, 0.2) is 107 Å². The Bertz CT molecular complexity index is 2560. The number of sulfonamides is 2. The predicted octanol–water partition coefficient (Wildman–Crippen LogP) is 5.45. The number of ether oxygens (including phenoxy) is 6. The number of nitrogens with one attached hydrogen (secondary N) is 6. The Labute approximate surface area is 472 Å². The smallest absolute Gasteiger partial charge is 0.314 e. The van der Waals surface area contributed by atoms with Crippen molar-refractivity contribution in [3.8, 4) is 11.5 Å². The summed E-state index contributed by atoms with van der Waals surface area (Å²) in [6.45, 7) is 7.94. The Kier molecular flexibility index (Phi) is 24.1. The summed E-state index contributed by atoms with van der Waals surface area (Å²) in [6, 6.07) is 29.9. The predicted molar refractivity (Wildman–Crippen MR) is 304 cm³/mol. The molecule has 4 aliphatic rings. The lowest BCUT2D eigenvalue weighted by Gasteiger charge is -2.35. The Balaban J connectivity index is 0.565. The summed E-state index contributed by atoms with van der Waals surface area (Å²) in [7, 11) is -7.48. The fraction of sp³-hybridized carbons (Fsp3) is 0.552. The Morgan fingerprint density at radius 2 is 0.775 bits per heavy atom. The van der Waals surface area contributed by atoms with Crippen LogP contribution in [0.25, 0.3) is 0 Å². The van der Waals surface area contributed by atoms with Crippen molar-refractivity contribution < 1.29 is 54.8 Å². The number of urea groups is 2. The molecule has 4 unspecified atom stereocenters. The largest absolute Gasteiger partial charge is 0.484 e. The molecule has 4 atom stereocenters. The molecule has 2 aliphatic carbocycles. The van der Waals surface area contributed by atoms with Gasteiger partial charge in [0.2, 0.25) is 20.0 Å². The third-order valence-corrected chi connectivity index (χ3v) is 17.8. The molecule has 4 aromatic rings. The number of unbranched alkanes of at least 4 members (excludes halogenated alkanes) is 1. The fourth-order valence-corrected chi connectivity index (χ4v) is 12.8. The summed E-state index contributed by atoms with van der Waals surface area (Å²) in [6.07, 6.45) is 10.3. The van der Waals surface area contributed by atoms with Crippen molar-refractivity contribution in [2.24, 2.45) is 0 Å². The molecule has 0 aromatic heterocycles. The number of hydrogen-bond donors (Lipinski definition) is 6. The first-order valence-corrected chi connectivity index (χ1v) is 31.5. The van der Waals surface area contributed by atoms with Crippen LogP contribution in [0.3, 0.4) is 0 Å². The van der Waals surface area contributed by atoms with E-state index in [0.29, 0.717) is 50.5 Å². The SMILES string of the molecule is O=C(NCCCCNC(=O)NCCOCCOCCNS(=O)(=O)c1ccc(OC2c3ccccc3CC2N2CCCCC2)cc1)NCCOCCOCCNS(=O)(=O)c1ccc(OC2c3ccccc3CC2N2CCCCC2)cc1. The summed E-state index contributed by atoms with van der Waals surface area (Å²) in [5.74, 6) is 1.27. The van der Waals surface area contributed by atoms with Crippen LogP contribution in [0, 0.1) is 0 Å². The number of piperidine rings is 2. The number of likely N-dealkylation sites (tertiary alicyclic amines) is 2. The van der Waals surface area contributed by atoms with Gasteiger partial charge in [-0.25, -0.2) is 35.9 Å². The van der Waals surface area contributed by atoms with E-state index in [1.54, 1.807) is 48.5 Å². The van der Waals surface area contributed by atoms with Crippen molar-refractivity contribution in [2.75, 3.05) is 118 Å². The van der Waals surface area contributed by atoms with Gasteiger partial charge < -0.3 is 49.7 Å². The van der Waals surface area contributed by atoms with Crippen molar-refractivity contribution in [3.05, 3.63) is 119 Å². The molecule has 2 saturated heterocycles.